The predicted octanol–water partition coefficient (Wildman–Crippen LogP) is 9.02. The Morgan fingerprint density at radius 1 is 0.467 bits per heavy atom. The van der Waals surface area contributed by atoms with Gasteiger partial charge in [-0.3, -0.25) is 28.8 Å². The second-order valence-electron chi connectivity index (χ2n) is 35.8. The summed E-state index contributed by atoms with van der Waals surface area (Å²) in [6.07, 6.45) is -17.5. The number of nitrogens with one attached hydrogen (secondary N) is 2. The largest absolute Gasteiger partial charge is 0.458 e. The van der Waals surface area contributed by atoms with Crippen LogP contribution in [0.25, 0.3) is 0 Å². The van der Waals surface area contributed by atoms with Crippen LogP contribution in [-0.4, -0.2) is 190 Å². The molecular weight excluding hydrogens is 1550 g/mol. The molecule has 5 aromatic carbocycles. The second kappa shape index (κ2) is 33.2. The highest BCUT2D eigenvalue weighted by Crippen LogP contribution is 2.70. The van der Waals surface area contributed by atoms with E-state index >= 15 is 4.79 Å². The maximum absolute atomic E-state index is 15.5. The Morgan fingerprint density at radius 3 is 1.19 bits per heavy atom. The molecule has 0 aliphatic heterocycles. The molecule has 0 radical (unpaired) electrons. The minimum atomic E-state index is -2.34. The molecule has 0 aromatic heterocycles. The first kappa shape index (κ1) is 88.9. The normalized spacial score (nSPS) is 32.7. The molecule has 6 fully saturated rings. The van der Waals surface area contributed by atoms with Gasteiger partial charge in [-0.05, 0) is 157 Å². The number of esters is 7. The lowest BCUT2D eigenvalue weighted by Crippen LogP contribution is -2.78. The van der Waals surface area contributed by atoms with Crippen molar-refractivity contribution in [3.63, 3.8) is 0 Å². The number of hydrogen-bond acceptors (Lipinski definition) is 26. The van der Waals surface area contributed by atoms with Gasteiger partial charge in [0.05, 0.1) is 58.1 Å². The molecule has 0 saturated heterocycles. The van der Waals surface area contributed by atoms with Crippen LogP contribution in [0.2, 0.25) is 0 Å². The zero-order valence-corrected chi connectivity index (χ0v) is 69.7. The molecule has 28 heteroatoms. The number of rotatable bonds is 18. The van der Waals surface area contributed by atoms with Gasteiger partial charge in [-0.25, -0.2) is 24.0 Å². The average molecular weight is 1660 g/mol. The average Bonchev–Trinajstić information content (AvgIpc) is 0.672. The number of benzene rings is 5. The van der Waals surface area contributed by atoms with Crippen molar-refractivity contribution in [3.05, 3.63) is 202 Å². The van der Waals surface area contributed by atoms with Crippen molar-refractivity contribution in [2.24, 2.45) is 45.3 Å². The summed E-state index contributed by atoms with van der Waals surface area (Å²) in [5, 5.41) is 92.1. The Bertz CT molecular complexity index is 4860. The molecule has 120 heavy (non-hydrogen) atoms. The first-order valence-corrected chi connectivity index (χ1v) is 40.6. The van der Waals surface area contributed by atoms with Crippen LogP contribution < -0.4 is 10.6 Å². The van der Waals surface area contributed by atoms with E-state index in [0.717, 1.165) is 6.92 Å². The van der Waals surface area contributed by atoms with Crippen LogP contribution in [0.15, 0.2) is 174 Å². The molecule has 22 atom stereocenters. The number of carbonyl (C=O) groups excluding carboxylic acids is 11. The second-order valence-corrected chi connectivity index (χ2v) is 35.8. The molecule has 0 heterocycles. The summed E-state index contributed by atoms with van der Waals surface area (Å²) in [4.78, 5) is 153. The van der Waals surface area contributed by atoms with Crippen LogP contribution in [0.1, 0.15) is 203 Å². The van der Waals surface area contributed by atoms with E-state index in [0.29, 0.717) is 24.0 Å². The molecular formula is C92H108N2O26. The van der Waals surface area contributed by atoms with E-state index in [4.69, 9.17) is 37.9 Å². The molecule has 8 aliphatic rings. The maximum Gasteiger partial charge on any atom is 0.408 e. The molecule has 28 nitrogen and oxygen atoms in total. The fourth-order valence-corrected chi connectivity index (χ4v) is 20.8. The van der Waals surface area contributed by atoms with E-state index in [1.807, 2.05) is 0 Å². The van der Waals surface area contributed by atoms with E-state index in [1.54, 1.807) is 183 Å². The zero-order chi connectivity index (χ0) is 87.7. The van der Waals surface area contributed by atoms with Gasteiger partial charge >= 0.3 is 47.9 Å². The summed E-state index contributed by atoms with van der Waals surface area (Å²) in [5.74, 6) is -12.5. The van der Waals surface area contributed by atoms with Crippen LogP contribution >= 0.6 is 0 Å². The van der Waals surface area contributed by atoms with Gasteiger partial charge in [0, 0.05) is 61.8 Å². The summed E-state index contributed by atoms with van der Waals surface area (Å²) < 4.78 is 48.5. The van der Waals surface area contributed by atoms with E-state index in [-0.39, 0.29) is 64.7 Å². The molecule has 642 valence electrons. The Labute approximate surface area is 695 Å². The number of ketones is 2. The van der Waals surface area contributed by atoms with Crippen molar-refractivity contribution >= 4 is 65.4 Å². The number of aliphatic hydroxyl groups is 7. The lowest BCUT2D eigenvalue weighted by molar-refractivity contribution is -0.296. The third kappa shape index (κ3) is 15.6. The van der Waals surface area contributed by atoms with E-state index in [2.05, 4.69) is 10.6 Å². The molecule has 13 rings (SSSR count). The van der Waals surface area contributed by atoms with Crippen molar-refractivity contribution in [1.82, 2.24) is 10.6 Å². The van der Waals surface area contributed by atoms with Crippen LogP contribution in [0.4, 0.5) is 4.79 Å². The molecule has 6 saturated carbocycles. The fraction of sp³-hybridized carbons (Fsp3) is 0.511. The highest BCUT2D eigenvalue weighted by Gasteiger charge is 2.80. The zero-order valence-electron chi connectivity index (χ0n) is 69.7. The molecule has 2 amide bonds. The summed E-state index contributed by atoms with van der Waals surface area (Å²) >= 11 is 0. The monoisotopic (exact) mass is 1660 g/mol. The predicted molar refractivity (Wildman–Crippen MR) is 427 cm³/mol. The van der Waals surface area contributed by atoms with Crippen molar-refractivity contribution in [1.29, 1.82) is 0 Å². The number of hydrogen-bond donors (Lipinski definition) is 9. The highest BCUT2D eigenvalue weighted by atomic mass is 16.6. The molecule has 0 spiro atoms. The summed E-state index contributed by atoms with van der Waals surface area (Å²) in [7, 11) is 0. The molecule has 0 unspecified atom stereocenters. The molecule has 9 N–H and O–H groups in total. The van der Waals surface area contributed by atoms with E-state index < -0.39 is 225 Å². The fourth-order valence-electron chi connectivity index (χ4n) is 20.8. The lowest BCUT2D eigenvalue weighted by atomic mass is 9.41. The van der Waals surface area contributed by atoms with Gasteiger partial charge in [-0.1, -0.05) is 143 Å². The van der Waals surface area contributed by atoms with Gasteiger partial charge in [-0.2, -0.15) is 0 Å². The minimum Gasteiger partial charge on any atom is -0.458 e. The first-order chi connectivity index (χ1) is 56.3. The standard InChI is InChI=1S/C48H53NO13.C44H55NO13/c1-26-33(60-44(57)37(53)36(29-16-10-7-11-17-29)49-42(55)30-18-12-8-13-19-30)25-48(58)41(61-43(56)31-20-14-9-15-21-31)39-46(6,34(52)24-32-22-23-47(32,39)62-28(3)51)40(54)38(59-27(2)50)35(26)45(48,4)5;1-23-28(55-38(52)33(49)31(25-15-11-9-12-16-25)45-39(53)58-40(3,4)5)22-44(54)36(56-37(51)26-17-13-10-14-18-26)34-42(8,35(50)32(48)30(23)41(44,6)7)29(47)21-27-19-20-43(27,34)57-24(2)46/h7-21,32-34,36-39,41,52-53,58H,22-25H2,1-6H3,(H,49,55);9-18,27-29,31-34,36,47-49,54H,19-22H2,1-8H3,(H,45,53)/t32-,33+,34+,36+,37-,38-,39+,41+,46-,47+,48-;27-,28+,29+,31+,32-,33-,34+,36+,42-,43+,44-/m11/s1. The smallest absolute Gasteiger partial charge is 0.408 e. The summed E-state index contributed by atoms with van der Waals surface area (Å²) in [5.41, 5.74) is -14.1. The number of alkyl carbamates (subject to hydrolysis) is 1. The minimum absolute atomic E-state index is 0.0134. The van der Waals surface area contributed by atoms with Crippen molar-refractivity contribution in [3.8, 4) is 0 Å². The molecule has 5 aromatic rings. The number of aliphatic hydroxyl groups excluding tert-OH is 5. The van der Waals surface area contributed by atoms with E-state index in [9.17, 15) is 83.7 Å². The lowest BCUT2D eigenvalue weighted by Gasteiger charge is -2.68. The Kier molecular flexibility index (Phi) is 24.6. The number of ether oxygens (including phenoxy) is 8. The van der Waals surface area contributed by atoms with Gasteiger partial charge in [0.25, 0.3) is 5.91 Å². The van der Waals surface area contributed by atoms with Gasteiger partial charge < -0.3 is 84.3 Å². The Hall–Kier alpha value is -10.3. The van der Waals surface area contributed by atoms with Crippen molar-refractivity contribution in [2.75, 3.05) is 0 Å². The van der Waals surface area contributed by atoms with Crippen LogP contribution in [0.5, 0.6) is 0 Å². The van der Waals surface area contributed by atoms with Crippen LogP contribution in [0, 0.1) is 45.3 Å². The number of fused-ring (bicyclic) bond motifs is 10. The number of carbonyl (C=O) groups is 11. The number of amides is 2. The van der Waals surface area contributed by atoms with Crippen molar-refractivity contribution in [2.45, 2.75) is 249 Å². The molecule has 4 bridgehead atoms. The Balaban J connectivity index is 0.000000221. The molecule has 8 aliphatic carbocycles. The Morgan fingerprint density at radius 2 is 0.825 bits per heavy atom. The topological polar surface area (TPSA) is 427 Å². The third-order valence-electron chi connectivity index (χ3n) is 27.2. The van der Waals surface area contributed by atoms with Crippen molar-refractivity contribution < 1.29 is 126 Å². The SMILES string of the molecule is CC(=O)O[C@@]12CC[C@@H]1C[C@H](O)[C@@]1(C)C(=O)[C@H](O)C3=C(C)[C@@H](OC(=O)[C@H](O)[C@@H](NC(=O)OC(C)(C)C)c4ccccc4)C[C@@](O)([C@@H](OC(=O)c4ccccc4)[C@H]21)C3(C)C.CC(=O)O[C@H]1C(=O)[C@@]2(C)[C@H]([C@H](OC(=O)c3ccccc3)[C@]3(O)C[C@H](OC(=O)[C@H](O)[C@@H](NC(=O)c4ccccc4)c4ccccc4)C(C)=C1C3(C)C)[C@]1(OC(C)=O)CC[C@@H]1C[C@@H]2O. The first-order valence-electron chi connectivity index (χ1n) is 40.6. The third-order valence-corrected chi connectivity index (χ3v) is 27.2. The van der Waals surface area contributed by atoms with E-state index in [1.165, 1.54) is 58.9 Å². The van der Waals surface area contributed by atoms with Gasteiger partial charge in [0.2, 0.25) is 0 Å². The van der Waals surface area contributed by atoms with Gasteiger partial charge in [0.15, 0.2) is 29.9 Å². The highest BCUT2D eigenvalue weighted by molar-refractivity contribution is 5.97. The number of Topliss-reactive ketones (excluding diaryl/α,β-unsaturated/α-hetero) is 2. The maximum atomic E-state index is 15.5. The summed E-state index contributed by atoms with van der Waals surface area (Å²) in [6, 6.07) is 37.9. The van der Waals surface area contributed by atoms with Crippen LogP contribution in [-0.2, 0) is 71.5 Å². The van der Waals surface area contributed by atoms with Gasteiger partial charge in [-0.15, -0.1) is 0 Å². The van der Waals surface area contributed by atoms with Crippen LogP contribution in [0.3, 0.4) is 0 Å². The quantitative estimate of drug-likeness (QED) is 0.0224. The summed E-state index contributed by atoms with van der Waals surface area (Å²) in [6.45, 7) is 20.8. The van der Waals surface area contributed by atoms with Gasteiger partial charge in [0.1, 0.15) is 58.5 Å².